The molecule has 0 saturated heterocycles. The molecule has 0 aromatic carbocycles. The summed E-state index contributed by atoms with van der Waals surface area (Å²) in [7, 11) is 0. The van der Waals surface area contributed by atoms with Gasteiger partial charge in [0.1, 0.15) is 23.7 Å². The number of hydrazine groups is 1. The molecule has 0 radical (unpaired) electrons. The van der Waals surface area contributed by atoms with E-state index in [-0.39, 0.29) is 6.04 Å². The zero-order chi connectivity index (χ0) is 13.0. The average Bonchev–Trinajstić information content (AvgIpc) is 2.96. The SMILES string of the molecule is CCCn1ncnc1CC(NN)c1ccc(C)o1. The summed E-state index contributed by atoms with van der Waals surface area (Å²) in [6.07, 6.45) is 3.26. The van der Waals surface area contributed by atoms with Crippen molar-refractivity contribution in [3.63, 3.8) is 0 Å². The lowest BCUT2D eigenvalue weighted by Gasteiger charge is -2.13. The Morgan fingerprint density at radius 3 is 2.94 bits per heavy atom. The van der Waals surface area contributed by atoms with Crippen molar-refractivity contribution in [2.45, 2.75) is 39.3 Å². The van der Waals surface area contributed by atoms with Crippen molar-refractivity contribution >= 4 is 0 Å². The Kier molecular flexibility index (Phi) is 4.11. The van der Waals surface area contributed by atoms with Gasteiger partial charge in [0.15, 0.2) is 0 Å². The van der Waals surface area contributed by atoms with Gasteiger partial charge in [-0.3, -0.25) is 10.5 Å². The molecule has 1 unspecified atom stereocenters. The van der Waals surface area contributed by atoms with E-state index in [0.717, 1.165) is 30.3 Å². The monoisotopic (exact) mass is 249 g/mol. The van der Waals surface area contributed by atoms with E-state index in [1.54, 1.807) is 6.33 Å². The molecular weight excluding hydrogens is 230 g/mol. The van der Waals surface area contributed by atoms with Gasteiger partial charge in [0.05, 0.1) is 6.04 Å². The molecule has 6 heteroatoms. The third kappa shape index (κ3) is 2.77. The second-order valence-corrected chi connectivity index (χ2v) is 4.27. The van der Waals surface area contributed by atoms with Gasteiger partial charge in [-0.25, -0.2) is 10.4 Å². The number of aryl methyl sites for hydroxylation is 2. The van der Waals surface area contributed by atoms with E-state index in [9.17, 15) is 0 Å². The molecule has 0 aliphatic carbocycles. The van der Waals surface area contributed by atoms with Crippen molar-refractivity contribution in [1.82, 2.24) is 20.2 Å². The Hall–Kier alpha value is -1.66. The van der Waals surface area contributed by atoms with Crippen LogP contribution in [0.5, 0.6) is 0 Å². The molecule has 0 amide bonds. The quantitative estimate of drug-likeness (QED) is 0.596. The predicted molar refractivity (Wildman–Crippen MR) is 67.5 cm³/mol. The smallest absolute Gasteiger partial charge is 0.138 e. The standard InChI is InChI=1S/C12H19N5O/c1-3-6-17-12(14-8-15-17)7-10(16-13)11-5-4-9(2)18-11/h4-5,8,10,16H,3,6-7,13H2,1-2H3. The second-order valence-electron chi connectivity index (χ2n) is 4.27. The normalized spacial score (nSPS) is 12.8. The summed E-state index contributed by atoms with van der Waals surface area (Å²) in [5.41, 5.74) is 2.76. The Labute approximate surface area is 106 Å². The molecule has 2 aromatic rings. The van der Waals surface area contributed by atoms with Crippen LogP contribution in [-0.4, -0.2) is 14.8 Å². The Bertz CT molecular complexity index is 490. The van der Waals surface area contributed by atoms with Crippen LogP contribution in [0.1, 0.15) is 36.7 Å². The molecular formula is C12H19N5O. The zero-order valence-electron chi connectivity index (χ0n) is 10.8. The largest absolute Gasteiger partial charge is 0.465 e. The topological polar surface area (TPSA) is 81.9 Å². The minimum absolute atomic E-state index is 0.0847. The first-order valence-electron chi connectivity index (χ1n) is 6.13. The lowest BCUT2D eigenvalue weighted by Crippen LogP contribution is -2.30. The minimum atomic E-state index is -0.0847. The maximum atomic E-state index is 5.59. The summed E-state index contributed by atoms with van der Waals surface area (Å²) in [6, 6.07) is 3.77. The van der Waals surface area contributed by atoms with Gasteiger partial charge in [-0.2, -0.15) is 5.10 Å². The molecule has 0 aliphatic heterocycles. The zero-order valence-corrected chi connectivity index (χ0v) is 10.8. The third-order valence-corrected chi connectivity index (χ3v) is 2.82. The van der Waals surface area contributed by atoms with E-state index in [4.69, 9.17) is 10.3 Å². The van der Waals surface area contributed by atoms with Crippen LogP contribution in [0, 0.1) is 6.92 Å². The fraction of sp³-hybridized carbons (Fsp3) is 0.500. The molecule has 98 valence electrons. The Morgan fingerprint density at radius 1 is 1.50 bits per heavy atom. The Balaban J connectivity index is 2.12. The molecule has 3 N–H and O–H groups in total. The molecule has 6 nitrogen and oxygen atoms in total. The highest BCUT2D eigenvalue weighted by Crippen LogP contribution is 2.19. The van der Waals surface area contributed by atoms with E-state index in [1.807, 2.05) is 23.7 Å². The number of furan rings is 1. The first-order chi connectivity index (χ1) is 8.74. The highest BCUT2D eigenvalue weighted by Gasteiger charge is 2.17. The van der Waals surface area contributed by atoms with Gasteiger partial charge < -0.3 is 4.42 Å². The first kappa shape index (κ1) is 12.8. The summed E-state index contributed by atoms with van der Waals surface area (Å²) in [4.78, 5) is 4.27. The molecule has 2 heterocycles. The summed E-state index contributed by atoms with van der Waals surface area (Å²) in [5.74, 6) is 8.19. The van der Waals surface area contributed by atoms with Crippen molar-refractivity contribution < 1.29 is 4.42 Å². The van der Waals surface area contributed by atoms with Crippen molar-refractivity contribution in [3.8, 4) is 0 Å². The highest BCUT2D eigenvalue weighted by atomic mass is 16.3. The minimum Gasteiger partial charge on any atom is -0.465 e. The van der Waals surface area contributed by atoms with Gasteiger partial charge in [0.25, 0.3) is 0 Å². The summed E-state index contributed by atoms with van der Waals surface area (Å²) in [6.45, 7) is 4.89. The van der Waals surface area contributed by atoms with Crippen LogP contribution in [0.15, 0.2) is 22.9 Å². The number of rotatable bonds is 6. The van der Waals surface area contributed by atoms with E-state index in [0.29, 0.717) is 6.42 Å². The lowest BCUT2D eigenvalue weighted by molar-refractivity contribution is 0.393. The highest BCUT2D eigenvalue weighted by molar-refractivity contribution is 5.11. The molecule has 0 bridgehead atoms. The van der Waals surface area contributed by atoms with E-state index in [2.05, 4.69) is 22.4 Å². The number of aromatic nitrogens is 3. The number of hydrogen-bond acceptors (Lipinski definition) is 5. The summed E-state index contributed by atoms with van der Waals surface area (Å²) >= 11 is 0. The van der Waals surface area contributed by atoms with Gasteiger partial charge in [-0.1, -0.05) is 6.92 Å². The van der Waals surface area contributed by atoms with Gasteiger partial charge in [-0.05, 0) is 25.5 Å². The van der Waals surface area contributed by atoms with Crippen LogP contribution >= 0.6 is 0 Å². The maximum absolute atomic E-state index is 5.59. The fourth-order valence-electron chi connectivity index (χ4n) is 1.91. The van der Waals surface area contributed by atoms with Crippen molar-refractivity contribution in [1.29, 1.82) is 0 Å². The molecule has 0 fully saturated rings. The van der Waals surface area contributed by atoms with Crippen molar-refractivity contribution in [2.75, 3.05) is 0 Å². The van der Waals surface area contributed by atoms with Gasteiger partial charge >= 0.3 is 0 Å². The van der Waals surface area contributed by atoms with Crippen LogP contribution in [0.25, 0.3) is 0 Å². The number of nitrogens with two attached hydrogens (primary N) is 1. The average molecular weight is 249 g/mol. The molecule has 0 aliphatic rings. The number of nitrogens with zero attached hydrogens (tertiary/aromatic N) is 3. The molecule has 0 saturated carbocycles. The third-order valence-electron chi connectivity index (χ3n) is 2.82. The number of nitrogens with one attached hydrogen (secondary N) is 1. The second kappa shape index (κ2) is 5.79. The van der Waals surface area contributed by atoms with E-state index >= 15 is 0 Å². The summed E-state index contributed by atoms with van der Waals surface area (Å²) < 4.78 is 7.49. The molecule has 1 atom stereocenters. The molecule has 18 heavy (non-hydrogen) atoms. The van der Waals surface area contributed by atoms with E-state index in [1.165, 1.54) is 0 Å². The molecule has 2 rings (SSSR count). The lowest BCUT2D eigenvalue weighted by atomic mass is 10.1. The van der Waals surface area contributed by atoms with Gasteiger partial charge in [0.2, 0.25) is 0 Å². The van der Waals surface area contributed by atoms with Crippen LogP contribution in [0.4, 0.5) is 0 Å². The van der Waals surface area contributed by atoms with Crippen molar-refractivity contribution in [3.05, 3.63) is 35.8 Å². The predicted octanol–water partition coefficient (Wildman–Crippen LogP) is 1.34. The van der Waals surface area contributed by atoms with Crippen LogP contribution in [-0.2, 0) is 13.0 Å². The van der Waals surface area contributed by atoms with Crippen LogP contribution < -0.4 is 11.3 Å². The van der Waals surface area contributed by atoms with Crippen molar-refractivity contribution in [2.24, 2.45) is 5.84 Å². The van der Waals surface area contributed by atoms with Gasteiger partial charge in [0, 0.05) is 13.0 Å². The molecule has 2 aromatic heterocycles. The maximum Gasteiger partial charge on any atom is 0.138 e. The first-order valence-corrected chi connectivity index (χ1v) is 6.13. The number of hydrogen-bond donors (Lipinski definition) is 2. The summed E-state index contributed by atoms with van der Waals surface area (Å²) in [5, 5.41) is 4.20. The van der Waals surface area contributed by atoms with Crippen LogP contribution in [0.2, 0.25) is 0 Å². The van der Waals surface area contributed by atoms with Gasteiger partial charge in [-0.15, -0.1) is 0 Å². The fourth-order valence-corrected chi connectivity index (χ4v) is 1.91. The van der Waals surface area contributed by atoms with Crippen LogP contribution in [0.3, 0.4) is 0 Å². The van der Waals surface area contributed by atoms with E-state index < -0.39 is 0 Å². The molecule has 0 spiro atoms. The Morgan fingerprint density at radius 2 is 2.33 bits per heavy atom.